The van der Waals surface area contributed by atoms with Crippen molar-refractivity contribution in [3.63, 3.8) is 0 Å². The van der Waals surface area contributed by atoms with Gasteiger partial charge in [-0.3, -0.25) is 9.59 Å². The summed E-state index contributed by atoms with van der Waals surface area (Å²) >= 11 is 0. The van der Waals surface area contributed by atoms with Crippen LogP contribution < -0.4 is 0 Å². The number of esters is 1. The fraction of sp³-hybridized carbons (Fsp3) is 0.905. The number of carbonyl (C=O) groups excluding carboxylic acids is 2. The van der Waals surface area contributed by atoms with Gasteiger partial charge in [-0.25, -0.2) is 0 Å². The number of cyclic esters (lactones) is 1. The highest BCUT2D eigenvalue weighted by Gasteiger charge is 2.48. The first-order valence-electron chi connectivity index (χ1n) is 9.98. The predicted molar refractivity (Wildman–Crippen MR) is 101 cm³/mol. The molecule has 6 heteroatoms. The van der Waals surface area contributed by atoms with Crippen LogP contribution in [0.25, 0.3) is 0 Å². The molecule has 2 heterocycles. The normalized spacial score (nSPS) is 39.1. The highest BCUT2D eigenvalue weighted by molar-refractivity contribution is 5.99. The van der Waals surface area contributed by atoms with E-state index in [1.807, 2.05) is 13.8 Å². The molecular formula is C21H36O6. The minimum absolute atomic E-state index is 0.104. The van der Waals surface area contributed by atoms with E-state index in [0.29, 0.717) is 12.8 Å². The molecule has 2 aliphatic heterocycles. The van der Waals surface area contributed by atoms with Crippen LogP contribution in [0.2, 0.25) is 0 Å². The van der Waals surface area contributed by atoms with Gasteiger partial charge in [-0.05, 0) is 60.3 Å². The Morgan fingerprint density at radius 3 is 2.26 bits per heavy atom. The van der Waals surface area contributed by atoms with Crippen molar-refractivity contribution in [2.45, 2.75) is 104 Å². The van der Waals surface area contributed by atoms with Gasteiger partial charge >= 0.3 is 5.97 Å². The van der Waals surface area contributed by atoms with Gasteiger partial charge < -0.3 is 19.3 Å². The number of aliphatic hydroxyl groups is 1. The van der Waals surface area contributed by atoms with Crippen LogP contribution in [0.1, 0.15) is 74.7 Å². The average Bonchev–Trinajstić information content (AvgIpc) is 2.75. The number of hydrogen-bond donors (Lipinski definition) is 1. The molecule has 0 aromatic rings. The van der Waals surface area contributed by atoms with Gasteiger partial charge in [0.2, 0.25) is 0 Å². The molecular weight excluding hydrogens is 348 g/mol. The van der Waals surface area contributed by atoms with Crippen LogP contribution in [-0.2, 0) is 23.8 Å². The molecule has 2 bridgehead atoms. The molecule has 0 spiro atoms. The average molecular weight is 385 g/mol. The van der Waals surface area contributed by atoms with Crippen molar-refractivity contribution in [3.8, 4) is 0 Å². The lowest BCUT2D eigenvalue weighted by Crippen LogP contribution is -2.49. The topological polar surface area (TPSA) is 82.1 Å². The second-order valence-electron chi connectivity index (χ2n) is 9.83. The van der Waals surface area contributed by atoms with E-state index in [4.69, 9.17) is 14.2 Å². The van der Waals surface area contributed by atoms with E-state index in [1.54, 1.807) is 34.6 Å². The number of Topliss-reactive ketones (excluding diaryl/α,β-unsaturated/α-hetero) is 1. The predicted octanol–water partition coefficient (Wildman–Crippen LogP) is 3.24. The van der Waals surface area contributed by atoms with E-state index >= 15 is 0 Å². The first-order chi connectivity index (χ1) is 12.1. The highest BCUT2D eigenvalue weighted by atomic mass is 16.7. The molecule has 0 aromatic heterocycles. The molecule has 0 aromatic carbocycles. The monoisotopic (exact) mass is 384 g/mol. The van der Waals surface area contributed by atoms with Gasteiger partial charge in [0, 0.05) is 12.3 Å². The van der Waals surface area contributed by atoms with E-state index in [2.05, 4.69) is 6.92 Å². The first-order valence-corrected chi connectivity index (χ1v) is 9.98. The lowest BCUT2D eigenvalue weighted by atomic mass is 9.82. The maximum Gasteiger partial charge on any atom is 0.316 e. The Labute approximate surface area is 162 Å². The molecule has 0 aliphatic carbocycles. The summed E-state index contributed by atoms with van der Waals surface area (Å²) in [6, 6.07) is 0. The Balaban J connectivity index is 2.38. The van der Waals surface area contributed by atoms with Crippen molar-refractivity contribution in [2.24, 2.45) is 17.8 Å². The van der Waals surface area contributed by atoms with Gasteiger partial charge in [0.15, 0.2) is 5.79 Å². The fourth-order valence-corrected chi connectivity index (χ4v) is 4.68. The zero-order chi connectivity index (χ0) is 20.8. The van der Waals surface area contributed by atoms with E-state index < -0.39 is 35.0 Å². The van der Waals surface area contributed by atoms with Crippen LogP contribution in [0.5, 0.6) is 0 Å². The minimum Gasteiger partial charge on any atom is -0.459 e. The molecule has 2 fully saturated rings. The molecule has 2 saturated heterocycles. The van der Waals surface area contributed by atoms with Crippen LogP contribution in [0.3, 0.4) is 0 Å². The number of hydrogen-bond acceptors (Lipinski definition) is 6. The molecule has 0 radical (unpaired) electrons. The van der Waals surface area contributed by atoms with E-state index in [-0.39, 0.29) is 23.7 Å². The molecule has 2 rings (SSSR count). The Morgan fingerprint density at radius 2 is 1.70 bits per heavy atom. The Kier molecular flexibility index (Phi) is 6.16. The highest BCUT2D eigenvalue weighted by Crippen LogP contribution is 2.43. The van der Waals surface area contributed by atoms with Gasteiger partial charge in [0.05, 0.1) is 11.7 Å². The summed E-state index contributed by atoms with van der Waals surface area (Å²) in [5.74, 6) is -2.89. The van der Waals surface area contributed by atoms with E-state index in [1.165, 1.54) is 0 Å². The number of rotatable bonds is 3. The quantitative estimate of drug-likeness (QED) is 0.457. The van der Waals surface area contributed by atoms with Gasteiger partial charge in [0.1, 0.15) is 23.4 Å². The third kappa shape index (κ3) is 5.30. The summed E-state index contributed by atoms with van der Waals surface area (Å²) in [6.45, 7) is 14.3. The summed E-state index contributed by atoms with van der Waals surface area (Å²) in [7, 11) is 0. The summed E-state index contributed by atoms with van der Waals surface area (Å²) in [5.41, 5.74) is -1.34. The van der Waals surface area contributed by atoms with Gasteiger partial charge in [0.25, 0.3) is 0 Å². The van der Waals surface area contributed by atoms with Crippen LogP contribution >= 0.6 is 0 Å². The van der Waals surface area contributed by atoms with Crippen LogP contribution in [-0.4, -0.2) is 46.1 Å². The van der Waals surface area contributed by atoms with Crippen LogP contribution in [0, 0.1) is 17.8 Å². The summed E-state index contributed by atoms with van der Waals surface area (Å²) in [6.07, 6.45) is 1.17. The number of fused-ring (bicyclic) bond motifs is 2. The van der Waals surface area contributed by atoms with Crippen molar-refractivity contribution < 1.29 is 28.9 Å². The van der Waals surface area contributed by atoms with Gasteiger partial charge in [-0.2, -0.15) is 0 Å². The van der Waals surface area contributed by atoms with E-state index in [9.17, 15) is 14.7 Å². The molecule has 156 valence electrons. The first kappa shape index (κ1) is 22.3. The summed E-state index contributed by atoms with van der Waals surface area (Å²) in [4.78, 5) is 25.4. The smallest absolute Gasteiger partial charge is 0.316 e. The molecule has 0 saturated carbocycles. The molecule has 2 aliphatic rings. The fourth-order valence-electron chi connectivity index (χ4n) is 4.68. The lowest BCUT2D eigenvalue weighted by molar-refractivity contribution is -0.266. The number of ether oxygens (including phenoxy) is 3. The second kappa shape index (κ2) is 7.45. The van der Waals surface area contributed by atoms with E-state index in [0.717, 1.165) is 6.42 Å². The van der Waals surface area contributed by atoms with Crippen molar-refractivity contribution in [2.75, 3.05) is 0 Å². The van der Waals surface area contributed by atoms with Crippen molar-refractivity contribution in [1.82, 2.24) is 0 Å². The third-order valence-corrected chi connectivity index (χ3v) is 5.82. The maximum atomic E-state index is 12.7. The zero-order valence-electron chi connectivity index (χ0n) is 18.0. The van der Waals surface area contributed by atoms with Gasteiger partial charge in [-0.1, -0.05) is 13.8 Å². The standard InChI is InChI=1S/C21H36O6/c1-12-10-21(8)11-13(2)17(22)14(3)18(23)25-16(9-15(12)26-21)19(4,5)27-20(6,7)24/h12-16,24H,9-11H2,1-8H3/t12?,13?,14-,15?,16?,21+/m1/s1. The van der Waals surface area contributed by atoms with Crippen LogP contribution in [0.4, 0.5) is 0 Å². The summed E-state index contributed by atoms with van der Waals surface area (Å²) in [5, 5.41) is 10.1. The van der Waals surface area contributed by atoms with Crippen molar-refractivity contribution in [3.05, 3.63) is 0 Å². The van der Waals surface area contributed by atoms with Crippen molar-refractivity contribution >= 4 is 11.8 Å². The van der Waals surface area contributed by atoms with Crippen molar-refractivity contribution in [1.29, 1.82) is 0 Å². The Hall–Kier alpha value is -0.980. The molecule has 1 N–H and O–H groups in total. The SMILES string of the molecule is CC1C[C@]2(C)CC(C)C(CC(C(C)(C)OC(C)(C)O)OC(=O)[C@H](C)C1=O)O2. The molecule has 6 atom stereocenters. The number of ketones is 1. The molecule has 27 heavy (non-hydrogen) atoms. The van der Waals surface area contributed by atoms with Crippen LogP contribution in [0.15, 0.2) is 0 Å². The Morgan fingerprint density at radius 1 is 1.11 bits per heavy atom. The largest absolute Gasteiger partial charge is 0.459 e. The Bertz CT molecular complexity index is 578. The third-order valence-electron chi connectivity index (χ3n) is 5.82. The second-order valence-corrected chi connectivity index (χ2v) is 9.83. The molecule has 4 unspecified atom stereocenters. The lowest BCUT2D eigenvalue weighted by Gasteiger charge is -2.39. The molecule has 0 amide bonds. The maximum absolute atomic E-state index is 12.7. The van der Waals surface area contributed by atoms with Gasteiger partial charge in [-0.15, -0.1) is 0 Å². The summed E-state index contributed by atoms with van der Waals surface area (Å²) < 4.78 is 18.0. The number of carbonyl (C=O) groups is 2. The zero-order valence-corrected chi connectivity index (χ0v) is 18.0. The minimum atomic E-state index is -1.38. The molecule has 6 nitrogen and oxygen atoms in total.